The van der Waals surface area contributed by atoms with E-state index < -0.39 is 0 Å². The summed E-state index contributed by atoms with van der Waals surface area (Å²) >= 11 is 6.41. The van der Waals surface area contributed by atoms with Crippen molar-refractivity contribution in [2.24, 2.45) is 0 Å². The summed E-state index contributed by atoms with van der Waals surface area (Å²) in [4.78, 5) is 0. The molecule has 0 heterocycles. The zero-order valence-corrected chi connectivity index (χ0v) is 16.5. The third-order valence-corrected chi connectivity index (χ3v) is 4.08. The molecule has 0 saturated heterocycles. The van der Waals surface area contributed by atoms with Crippen molar-refractivity contribution < 1.29 is 9.47 Å². The molecule has 0 fully saturated rings. The highest BCUT2D eigenvalue weighted by Crippen LogP contribution is 2.37. The fourth-order valence-corrected chi connectivity index (χ4v) is 2.77. The molecular formula is C20H27Cl2NO2. The lowest BCUT2D eigenvalue weighted by molar-refractivity contribution is 0.284. The molecule has 0 aliphatic heterocycles. The quantitative estimate of drug-likeness (QED) is 0.539. The molecule has 0 amide bonds. The van der Waals surface area contributed by atoms with Gasteiger partial charge in [0.25, 0.3) is 0 Å². The molecule has 138 valence electrons. The zero-order chi connectivity index (χ0) is 17.2. The van der Waals surface area contributed by atoms with E-state index in [1.807, 2.05) is 42.5 Å². The molecule has 2 aromatic carbocycles. The summed E-state index contributed by atoms with van der Waals surface area (Å²) in [5, 5.41) is 4.02. The lowest BCUT2D eigenvalue weighted by Gasteiger charge is -2.14. The van der Waals surface area contributed by atoms with Crippen molar-refractivity contribution in [1.82, 2.24) is 5.32 Å². The smallest absolute Gasteiger partial charge is 0.180 e. The van der Waals surface area contributed by atoms with Gasteiger partial charge in [0.05, 0.1) is 12.1 Å². The van der Waals surface area contributed by atoms with Crippen LogP contribution in [0, 0.1) is 0 Å². The van der Waals surface area contributed by atoms with Crippen LogP contribution in [0.25, 0.3) is 0 Å². The van der Waals surface area contributed by atoms with Gasteiger partial charge in [0, 0.05) is 6.54 Å². The summed E-state index contributed by atoms with van der Waals surface area (Å²) in [6.45, 7) is 4.46. The van der Waals surface area contributed by atoms with Crippen LogP contribution in [0.4, 0.5) is 0 Å². The first kappa shape index (κ1) is 21.6. The number of unbranched alkanes of at least 4 members (excludes halogenated alkanes) is 2. The van der Waals surface area contributed by atoms with Crippen molar-refractivity contribution in [3.05, 3.63) is 58.6 Å². The Bertz CT molecular complexity index is 621. The topological polar surface area (TPSA) is 30.5 Å². The molecule has 3 nitrogen and oxygen atoms in total. The Kier molecular flexibility index (Phi) is 10.4. The van der Waals surface area contributed by atoms with Gasteiger partial charge in [-0.2, -0.15) is 0 Å². The van der Waals surface area contributed by atoms with Gasteiger partial charge in [0.15, 0.2) is 11.5 Å². The molecule has 0 bridgehead atoms. The molecule has 0 unspecified atom stereocenters. The molecule has 2 rings (SSSR count). The van der Waals surface area contributed by atoms with E-state index in [2.05, 4.69) is 12.2 Å². The van der Waals surface area contributed by atoms with Gasteiger partial charge in [-0.3, -0.25) is 0 Å². The highest BCUT2D eigenvalue weighted by molar-refractivity contribution is 6.32. The molecule has 1 N–H and O–H groups in total. The van der Waals surface area contributed by atoms with Crippen LogP contribution in [-0.4, -0.2) is 13.7 Å². The molecule has 0 aliphatic carbocycles. The number of benzene rings is 2. The van der Waals surface area contributed by atoms with E-state index in [0.29, 0.717) is 23.1 Å². The van der Waals surface area contributed by atoms with Crippen LogP contribution in [0.15, 0.2) is 42.5 Å². The fourth-order valence-electron chi connectivity index (χ4n) is 2.48. The van der Waals surface area contributed by atoms with Gasteiger partial charge >= 0.3 is 0 Å². The standard InChI is InChI=1S/C20H26ClNO2.ClH/c1-3-4-8-11-22-14-17-12-18(21)20(19(13-17)23-2)24-15-16-9-6-5-7-10-16;/h5-7,9-10,12-13,22H,3-4,8,11,14-15H2,1-2H3;1H. The Balaban J connectivity index is 0.00000312. The van der Waals surface area contributed by atoms with Crippen molar-refractivity contribution in [3.8, 4) is 11.5 Å². The molecule has 0 spiro atoms. The van der Waals surface area contributed by atoms with Gasteiger partial charge < -0.3 is 14.8 Å². The number of hydrogen-bond donors (Lipinski definition) is 1. The highest BCUT2D eigenvalue weighted by atomic mass is 35.5. The number of halogens is 2. The zero-order valence-electron chi connectivity index (χ0n) is 14.9. The Morgan fingerprint density at radius 2 is 1.80 bits per heavy atom. The van der Waals surface area contributed by atoms with Crippen molar-refractivity contribution in [2.45, 2.75) is 39.3 Å². The normalized spacial score (nSPS) is 10.2. The van der Waals surface area contributed by atoms with Gasteiger partial charge in [-0.05, 0) is 36.2 Å². The Labute approximate surface area is 162 Å². The molecule has 25 heavy (non-hydrogen) atoms. The number of ether oxygens (including phenoxy) is 2. The van der Waals surface area contributed by atoms with E-state index in [-0.39, 0.29) is 12.4 Å². The minimum atomic E-state index is 0. The van der Waals surface area contributed by atoms with Crippen LogP contribution in [0.5, 0.6) is 11.5 Å². The Morgan fingerprint density at radius 3 is 2.48 bits per heavy atom. The number of nitrogens with one attached hydrogen (secondary N) is 1. The Hall–Kier alpha value is -1.42. The van der Waals surface area contributed by atoms with Gasteiger partial charge in [-0.25, -0.2) is 0 Å². The minimum Gasteiger partial charge on any atom is -0.493 e. The third-order valence-electron chi connectivity index (χ3n) is 3.80. The van der Waals surface area contributed by atoms with E-state index in [0.717, 1.165) is 24.2 Å². The lowest BCUT2D eigenvalue weighted by Crippen LogP contribution is -2.14. The second-order valence-electron chi connectivity index (χ2n) is 5.77. The molecule has 2 aromatic rings. The van der Waals surface area contributed by atoms with Crippen molar-refractivity contribution in [2.75, 3.05) is 13.7 Å². The highest BCUT2D eigenvalue weighted by Gasteiger charge is 2.12. The average molecular weight is 384 g/mol. The van der Waals surface area contributed by atoms with Crippen LogP contribution in [0.3, 0.4) is 0 Å². The Morgan fingerprint density at radius 1 is 1.04 bits per heavy atom. The van der Waals surface area contributed by atoms with Crippen LogP contribution in [0.2, 0.25) is 5.02 Å². The van der Waals surface area contributed by atoms with Gasteiger partial charge in [-0.1, -0.05) is 61.7 Å². The number of rotatable bonds is 10. The number of methoxy groups -OCH3 is 1. The van der Waals surface area contributed by atoms with Crippen LogP contribution in [0.1, 0.15) is 37.3 Å². The summed E-state index contributed by atoms with van der Waals surface area (Å²) in [6, 6.07) is 13.9. The van der Waals surface area contributed by atoms with E-state index in [1.165, 1.54) is 19.3 Å². The van der Waals surface area contributed by atoms with Gasteiger partial charge in [0.2, 0.25) is 0 Å². The summed E-state index contributed by atoms with van der Waals surface area (Å²) in [5.74, 6) is 1.27. The number of hydrogen-bond acceptors (Lipinski definition) is 3. The second kappa shape index (κ2) is 12.0. The first-order valence-electron chi connectivity index (χ1n) is 8.48. The first-order chi connectivity index (χ1) is 11.7. The third kappa shape index (κ3) is 7.15. The van der Waals surface area contributed by atoms with Crippen molar-refractivity contribution in [3.63, 3.8) is 0 Å². The van der Waals surface area contributed by atoms with Crippen molar-refractivity contribution in [1.29, 1.82) is 0 Å². The SMILES string of the molecule is CCCCCNCc1cc(Cl)c(OCc2ccccc2)c(OC)c1.Cl. The van der Waals surface area contributed by atoms with E-state index in [4.69, 9.17) is 21.1 Å². The molecular weight excluding hydrogens is 357 g/mol. The maximum absolute atomic E-state index is 6.41. The monoisotopic (exact) mass is 383 g/mol. The summed E-state index contributed by atoms with van der Waals surface area (Å²) in [6.07, 6.45) is 3.68. The molecule has 0 aliphatic rings. The molecule has 0 saturated carbocycles. The van der Waals surface area contributed by atoms with Crippen molar-refractivity contribution >= 4 is 24.0 Å². The molecule has 0 atom stereocenters. The van der Waals surface area contributed by atoms with Gasteiger partial charge in [-0.15, -0.1) is 12.4 Å². The van der Waals surface area contributed by atoms with Crippen LogP contribution < -0.4 is 14.8 Å². The molecule has 0 aromatic heterocycles. The average Bonchev–Trinajstić information content (AvgIpc) is 2.61. The summed E-state index contributed by atoms with van der Waals surface area (Å²) in [5.41, 5.74) is 2.19. The van der Waals surface area contributed by atoms with Gasteiger partial charge in [0.1, 0.15) is 6.61 Å². The van der Waals surface area contributed by atoms with Crippen LogP contribution in [-0.2, 0) is 13.2 Å². The molecule has 0 radical (unpaired) electrons. The predicted octanol–water partition coefficient (Wildman–Crippen LogP) is 5.63. The second-order valence-corrected chi connectivity index (χ2v) is 6.17. The summed E-state index contributed by atoms with van der Waals surface area (Å²) in [7, 11) is 1.64. The van der Waals surface area contributed by atoms with E-state index >= 15 is 0 Å². The molecule has 5 heteroatoms. The van der Waals surface area contributed by atoms with E-state index in [1.54, 1.807) is 7.11 Å². The van der Waals surface area contributed by atoms with Crippen LogP contribution >= 0.6 is 24.0 Å². The fraction of sp³-hybridized carbons (Fsp3) is 0.400. The maximum atomic E-state index is 6.41. The maximum Gasteiger partial charge on any atom is 0.180 e. The van der Waals surface area contributed by atoms with E-state index in [9.17, 15) is 0 Å². The first-order valence-corrected chi connectivity index (χ1v) is 8.86. The minimum absolute atomic E-state index is 0. The predicted molar refractivity (Wildman–Crippen MR) is 107 cm³/mol. The lowest BCUT2D eigenvalue weighted by atomic mass is 10.2. The summed E-state index contributed by atoms with van der Waals surface area (Å²) < 4.78 is 11.3. The largest absolute Gasteiger partial charge is 0.493 e.